The van der Waals surface area contributed by atoms with Crippen LogP contribution in [0.25, 0.3) is 0 Å². The van der Waals surface area contributed by atoms with E-state index >= 15 is 0 Å². The molecule has 0 aromatic heterocycles. The number of hydrogen-bond donors (Lipinski definition) is 3. The van der Waals surface area contributed by atoms with Gasteiger partial charge in [-0.15, -0.1) is 0 Å². The van der Waals surface area contributed by atoms with Crippen LogP contribution in [0.15, 0.2) is 0 Å². The van der Waals surface area contributed by atoms with E-state index in [1.807, 2.05) is 0 Å². The molecule has 0 bridgehead atoms. The standard InChI is InChI=1S/C7H12O7S/c8-5-3-4(7(9)10)1-2-6(5)14-15(11,12)13/h4-6,8H,1-3H2,(H,9,10)(H,11,12,13). The fraction of sp³-hybridized carbons (Fsp3) is 0.857. The Labute approximate surface area is 86.6 Å². The molecule has 0 aromatic carbocycles. The molecule has 3 N–H and O–H groups in total. The monoisotopic (exact) mass is 240 g/mol. The molecule has 1 fully saturated rings. The first-order chi connectivity index (χ1) is 6.79. The molecule has 1 aliphatic carbocycles. The van der Waals surface area contributed by atoms with Crippen LogP contribution in [0.1, 0.15) is 19.3 Å². The molecule has 1 aliphatic rings. The molecule has 0 saturated heterocycles. The number of aliphatic hydroxyl groups is 1. The summed E-state index contributed by atoms with van der Waals surface area (Å²) in [4.78, 5) is 10.6. The fourth-order valence-corrected chi connectivity index (χ4v) is 2.15. The summed E-state index contributed by atoms with van der Waals surface area (Å²) in [5.41, 5.74) is 0. The van der Waals surface area contributed by atoms with E-state index in [-0.39, 0.29) is 19.3 Å². The van der Waals surface area contributed by atoms with Gasteiger partial charge in [0.15, 0.2) is 0 Å². The maximum absolute atomic E-state index is 10.6. The average molecular weight is 240 g/mol. The van der Waals surface area contributed by atoms with Gasteiger partial charge >= 0.3 is 16.4 Å². The molecule has 88 valence electrons. The van der Waals surface area contributed by atoms with Gasteiger partial charge in [-0.05, 0) is 19.3 Å². The molecular formula is C7H12O7S. The highest BCUT2D eigenvalue weighted by molar-refractivity contribution is 7.80. The van der Waals surface area contributed by atoms with Gasteiger partial charge in [-0.3, -0.25) is 9.35 Å². The molecular weight excluding hydrogens is 228 g/mol. The fourth-order valence-electron chi connectivity index (χ4n) is 1.61. The van der Waals surface area contributed by atoms with E-state index < -0.39 is 34.5 Å². The van der Waals surface area contributed by atoms with Crippen molar-refractivity contribution in [3.8, 4) is 0 Å². The second kappa shape index (κ2) is 4.44. The highest BCUT2D eigenvalue weighted by atomic mass is 32.3. The van der Waals surface area contributed by atoms with Crippen molar-refractivity contribution in [3.05, 3.63) is 0 Å². The zero-order chi connectivity index (χ0) is 11.6. The lowest BCUT2D eigenvalue weighted by molar-refractivity contribution is -0.145. The lowest BCUT2D eigenvalue weighted by atomic mass is 9.85. The Balaban J connectivity index is 2.57. The molecule has 0 amide bonds. The molecule has 8 heteroatoms. The van der Waals surface area contributed by atoms with Gasteiger partial charge in [0.25, 0.3) is 0 Å². The summed E-state index contributed by atoms with van der Waals surface area (Å²) in [6, 6.07) is 0. The molecule has 0 aliphatic heterocycles. The van der Waals surface area contributed by atoms with E-state index in [0.717, 1.165) is 0 Å². The molecule has 1 rings (SSSR count). The maximum Gasteiger partial charge on any atom is 0.397 e. The predicted molar refractivity (Wildman–Crippen MR) is 47.4 cm³/mol. The summed E-state index contributed by atoms with van der Waals surface area (Å²) >= 11 is 0. The minimum Gasteiger partial charge on any atom is -0.481 e. The van der Waals surface area contributed by atoms with E-state index in [2.05, 4.69) is 4.18 Å². The van der Waals surface area contributed by atoms with Crippen molar-refractivity contribution < 1.29 is 32.2 Å². The molecule has 3 unspecified atom stereocenters. The number of rotatable bonds is 3. The highest BCUT2D eigenvalue weighted by Crippen LogP contribution is 2.27. The van der Waals surface area contributed by atoms with Gasteiger partial charge in [-0.25, -0.2) is 4.18 Å². The molecule has 3 atom stereocenters. The Morgan fingerprint density at radius 3 is 2.33 bits per heavy atom. The van der Waals surface area contributed by atoms with Crippen molar-refractivity contribution in [3.63, 3.8) is 0 Å². The quantitative estimate of drug-likeness (QED) is 0.564. The Bertz CT molecular complexity index is 335. The summed E-state index contributed by atoms with van der Waals surface area (Å²) in [5.74, 6) is -1.72. The Kier molecular flexibility index (Phi) is 3.66. The van der Waals surface area contributed by atoms with Crippen LogP contribution in [-0.4, -0.2) is 41.4 Å². The van der Waals surface area contributed by atoms with Gasteiger partial charge in [-0.2, -0.15) is 8.42 Å². The van der Waals surface area contributed by atoms with Crippen molar-refractivity contribution in [2.24, 2.45) is 5.92 Å². The number of carboxylic acid groups (broad SMARTS) is 1. The van der Waals surface area contributed by atoms with E-state index in [0.29, 0.717) is 0 Å². The van der Waals surface area contributed by atoms with E-state index in [9.17, 15) is 18.3 Å². The lowest BCUT2D eigenvalue weighted by Crippen LogP contribution is -2.39. The van der Waals surface area contributed by atoms with Crippen molar-refractivity contribution >= 4 is 16.4 Å². The van der Waals surface area contributed by atoms with Gasteiger partial charge in [0.05, 0.1) is 12.0 Å². The minimum absolute atomic E-state index is 0.0739. The smallest absolute Gasteiger partial charge is 0.397 e. The van der Waals surface area contributed by atoms with Gasteiger partial charge < -0.3 is 10.2 Å². The molecule has 7 nitrogen and oxygen atoms in total. The third-order valence-corrected chi connectivity index (χ3v) is 2.84. The molecule has 0 spiro atoms. The van der Waals surface area contributed by atoms with Crippen LogP contribution in [-0.2, 0) is 19.4 Å². The summed E-state index contributed by atoms with van der Waals surface area (Å²) in [6.07, 6.45) is -2.03. The van der Waals surface area contributed by atoms with Crippen LogP contribution in [0, 0.1) is 5.92 Å². The first-order valence-corrected chi connectivity index (χ1v) is 5.72. The second-order valence-corrected chi connectivity index (χ2v) is 4.53. The summed E-state index contributed by atoms with van der Waals surface area (Å²) < 4.78 is 33.3. The minimum atomic E-state index is -4.60. The topological polar surface area (TPSA) is 121 Å². The number of carboxylic acids is 1. The van der Waals surface area contributed by atoms with E-state index in [1.54, 1.807) is 0 Å². The lowest BCUT2D eigenvalue weighted by Gasteiger charge is -2.29. The summed E-state index contributed by atoms with van der Waals surface area (Å²) in [7, 11) is -4.60. The summed E-state index contributed by atoms with van der Waals surface area (Å²) in [5, 5.41) is 18.0. The molecule has 0 heterocycles. The molecule has 0 radical (unpaired) electrons. The number of hydrogen-bond acceptors (Lipinski definition) is 5. The first-order valence-electron chi connectivity index (χ1n) is 4.36. The Morgan fingerprint density at radius 2 is 1.93 bits per heavy atom. The van der Waals surface area contributed by atoms with Crippen LogP contribution in [0.2, 0.25) is 0 Å². The van der Waals surface area contributed by atoms with Gasteiger partial charge in [0, 0.05) is 0 Å². The first kappa shape index (κ1) is 12.4. The van der Waals surface area contributed by atoms with Crippen LogP contribution < -0.4 is 0 Å². The van der Waals surface area contributed by atoms with Gasteiger partial charge in [0.2, 0.25) is 0 Å². The van der Waals surface area contributed by atoms with Crippen molar-refractivity contribution in [2.75, 3.05) is 0 Å². The third kappa shape index (κ3) is 3.74. The third-order valence-electron chi connectivity index (χ3n) is 2.35. The van der Waals surface area contributed by atoms with Gasteiger partial charge in [-0.1, -0.05) is 0 Å². The predicted octanol–water partition coefficient (Wildman–Crippen LogP) is -0.580. The maximum atomic E-state index is 10.6. The average Bonchev–Trinajstić information content (AvgIpc) is 2.05. The van der Waals surface area contributed by atoms with Crippen LogP contribution in [0.5, 0.6) is 0 Å². The Morgan fingerprint density at radius 1 is 1.33 bits per heavy atom. The largest absolute Gasteiger partial charge is 0.481 e. The van der Waals surface area contributed by atoms with Crippen molar-refractivity contribution in [2.45, 2.75) is 31.5 Å². The SMILES string of the molecule is O=C(O)C1CCC(OS(=O)(=O)O)C(O)C1. The molecule has 1 saturated carbocycles. The van der Waals surface area contributed by atoms with Crippen molar-refractivity contribution in [1.82, 2.24) is 0 Å². The molecule has 15 heavy (non-hydrogen) atoms. The number of aliphatic hydroxyl groups excluding tert-OH is 1. The number of carbonyl (C=O) groups is 1. The Hall–Kier alpha value is -0.700. The molecule has 0 aromatic rings. The zero-order valence-electron chi connectivity index (χ0n) is 7.74. The van der Waals surface area contributed by atoms with Crippen LogP contribution in [0.3, 0.4) is 0 Å². The number of aliphatic carboxylic acids is 1. The van der Waals surface area contributed by atoms with Crippen LogP contribution in [0.4, 0.5) is 0 Å². The summed E-state index contributed by atoms with van der Waals surface area (Å²) in [6.45, 7) is 0. The van der Waals surface area contributed by atoms with E-state index in [4.69, 9.17) is 9.66 Å². The zero-order valence-corrected chi connectivity index (χ0v) is 8.55. The van der Waals surface area contributed by atoms with Crippen LogP contribution >= 0.6 is 0 Å². The van der Waals surface area contributed by atoms with E-state index in [1.165, 1.54) is 0 Å². The second-order valence-electron chi connectivity index (χ2n) is 3.48. The van der Waals surface area contributed by atoms with Crippen molar-refractivity contribution in [1.29, 1.82) is 0 Å². The highest BCUT2D eigenvalue weighted by Gasteiger charge is 2.35. The normalized spacial score (nSPS) is 32.5. The van der Waals surface area contributed by atoms with Gasteiger partial charge in [0.1, 0.15) is 6.10 Å².